The molecule has 15 nitrogen and oxygen atoms in total. The Bertz CT molecular complexity index is 1430. The van der Waals surface area contributed by atoms with Gasteiger partial charge in [-0.05, 0) is 70.6 Å². The standard InChI is InChI=1S/C59H106O15/c1-3-5-7-9-11-13-15-17-19-21-22-23-24-26-27-29-31-33-35-37-39-41-50(61)69-44-47(72-51(62)42-40-38-36-34-32-30-28-25-20-18-16-14-12-10-8-6-4-2)45-70-58-57(68)55(66)53(64)49(74-58)46-71-59-56(67)54(65)52(63)48(43-60)73-59/h12,14,18,20-22,47-49,52-60,63-68H,3-11,13,15-17,19,23-46H2,1-2H3/b14-12-,20-18-,22-21-. The average molecular weight is 1060 g/mol. The third-order valence-electron chi connectivity index (χ3n) is 14.1. The zero-order chi connectivity index (χ0) is 53.9. The van der Waals surface area contributed by atoms with Gasteiger partial charge in [0.1, 0.15) is 55.4 Å². The van der Waals surface area contributed by atoms with E-state index in [2.05, 4.69) is 50.3 Å². The predicted molar refractivity (Wildman–Crippen MR) is 289 cm³/mol. The Morgan fingerprint density at radius 3 is 1.30 bits per heavy atom. The van der Waals surface area contributed by atoms with Crippen LogP contribution < -0.4 is 0 Å². The number of rotatable bonds is 47. The van der Waals surface area contributed by atoms with Gasteiger partial charge in [-0.2, -0.15) is 0 Å². The fourth-order valence-corrected chi connectivity index (χ4v) is 9.24. The van der Waals surface area contributed by atoms with Crippen LogP contribution in [0.25, 0.3) is 0 Å². The molecule has 0 saturated carbocycles. The number of carbonyl (C=O) groups is 2. The molecular weight excluding hydrogens is 949 g/mol. The van der Waals surface area contributed by atoms with Crippen LogP contribution >= 0.6 is 0 Å². The second kappa shape index (κ2) is 45.7. The van der Waals surface area contributed by atoms with Crippen LogP contribution in [-0.2, 0) is 38.0 Å². The maximum atomic E-state index is 13.1. The molecule has 0 aromatic rings. The van der Waals surface area contributed by atoms with Crippen molar-refractivity contribution < 1.29 is 73.8 Å². The lowest BCUT2D eigenvalue weighted by molar-refractivity contribution is -0.332. The van der Waals surface area contributed by atoms with E-state index < -0.39 is 92.7 Å². The predicted octanol–water partition coefficient (Wildman–Crippen LogP) is 10.1. The molecule has 0 aliphatic carbocycles. The quantitative estimate of drug-likeness (QED) is 0.0171. The summed E-state index contributed by atoms with van der Waals surface area (Å²) in [6, 6.07) is 0. The van der Waals surface area contributed by atoms with Gasteiger partial charge in [-0.25, -0.2) is 0 Å². The molecule has 7 N–H and O–H groups in total. The molecule has 0 aromatic carbocycles. The van der Waals surface area contributed by atoms with Gasteiger partial charge in [0, 0.05) is 12.8 Å². The summed E-state index contributed by atoms with van der Waals surface area (Å²) < 4.78 is 33.7. The first-order valence-electron chi connectivity index (χ1n) is 29.6. The first kappa shape index (κ1) is 67.8. The van der Waals surface area contributed by atoms with E-state index in [-0.39, 0.29) is 26.1 Å². The number of esters is 2. The van der Waals surface area contributed by atoms with E-state index in [1.807, 2.05) is 0 Å². The highest BCUT2D eigenvalue weighted by molar-refractivity contribution is 5.70. The highest BCUT2D eigenvalue weighted by Gasteiger charge is 2.47. The molecule has 0 amide bonds. The lowest BCUT2D eigenvalue weighted by Gasteiger charge is -2.42. The van der Waals surface area contributed by atoms with E-state index in [4.69, 9.17) is 28.4 Å². The van der Waals surface area contributed by atoms with Crippen molar-refractivity contribution in [2.45, 2.75) is 300 Å². The van der Waals surface area contributed by atoms with Crippen molar-refractivity contribution in [3.05, 3.63) is 36.5 Å². The van der Waals surface area contributed by atoms with Crippen LogP contribution in [0.1, 0.15) is 232 Å². The zero-order valence-corrected chi connectivity index (χ0v) is 46.1. The van der Waals surface area contributed by atoms with Crippen LogP contribution in [-0.4, -0.2) is 142 Å². The summed E-state index contributed by atoms with van der Waals surface area (Å²) >= 11 is 0. The fraction of sp³-hybridized carbons (Fsp3) is 0.864. The summed E-state index contributed by atoms with van der Waals surface area (Å²) in [5.74, 6) is -0.929. The van der Waals surface area contributed by atoms with Crippen molar-refractivity contribution in [1.82, 2.24) is 0 Å². The minimum absolute atomic E-state index is 0.157. The lowest BCUT2D eigenvalue weighted by atomic mass is 9.98. The van der Waals surface area contributed by atoms with Crippen molar-refractivity contribution in [3.63, 3.8) is 0 Å². The number of ether oxygens (including phenoxy) is 6. The summed E-state index contributed by atoms with van der Waals surface area (Å²) in [6.07, 6.45) is 34.4. The molecule has 2 aliphatic rings. The summed E-state index contributed by atoms with van der Waals surface area (Å²) in [7, 11) is 0. The number of carbonyl (C=O) groups excluding carboxylic acids is 2. The third kappa shape index (κ3) is 32.5. The number of unbranched alkanes of at least 4 members (excludes halogenated alkanes) is 27. The summed E-state index contributed by atoms with van der Waals surface area (Å²) in [5.41, 5.74) is 0. The Labute approximate surface area is 446 Å². The minimum Gasteiger partial charge on any atom is -0.462 e. The largest absolute Gasteiger partial charge is 0.462 e. The summed E-state index contributed by atoms with van der Waals surface area (Å²) in [4.78, 5) is 25.9. The number of aliphatic hydroxyl groups excluding tert-OH is 7. The molecule has 11 atom stereocenters. The third-order valence-corrected chi connectivity index (χ3v) is 14.1. The molecule has 2 aliphatic heterocycles. The summed E-state index contributed by atoms with van der Waals surface area (Å²) in [5, 5.41) is 72.3. The van der Waals surface area contributed by atoms with Crippen molar-refractivity contribution in [1.29, 1.82) is 0 Å². The van der Waals surface area contributed by atoms with E-state index in [9.17, 15) is 45.3 Å². The molecule has 0 spiro atoms. The number of hydrogen-bond donors (Lipinski definition) is 7. The second-order valence-corrected chi connectivity index (χ2v) is 20.8. The van der Waals surface area contributed by atoms with Gasteiger partial charge in [-0.1, -0.05) is 185 Å². The van der Waals surface area contributed by atoms with E-state index in [0.717, 1.165) is 70.6 Å². The topological polar surface area (TPSA) is 231 Å². The van der Waals surface area contributed by atoms with Gasteiger partial charge in [0.2, 0.25) is 0 Å². The highest BCUT2D eigenvalue weighted by atomic mass is 16.7. The van der Waals surface area contributed by atoms with Crippen LogP contribution in [0.5, 0.6) is 0 Å². The Hall–Kier alpha value is -2.28. The molecule has 2 fully saturated rings. The van der Waals surface area contributed by atoms with Gasteiger partial charge in [0.05, 0.1) is 19.8 Å². The van der Waals surface area contributed by atoms with Gasteiger partial charge < -0.3 is 64.2 Å². The van der Waals surface area contributed by atoms with Crippen LogP contribution in [0.3, 0.4) is 0 Å². The van der Waals surface area contributed by atoms with Crippen LogP contribution in [0, 0.1) is 0 Å². The number of allylic oxidation sites excluding steroid dienone is 6. The monoisotopic (exact) mass is 1050 g/mol. The molecule has 11 unspecified atom stereocenters. The van der Waals surface area contributed by atoms with Crippen LogP contribution in [0.4, 0.5) is 0 Å². The molecule has 15 heteroatoms. The molecule has 2 saturated heterocycles. The molecule has 432 valence electrons. The van der Waals surface area contributed by atoms with Crippen molar-refractivity contribution in [2.75, 3.05) is 26.4 Å². The number of aliphatic hydroxyl groups is 7. The SMILES string of the molecule is CCCCC/C=C\C/C=C\CCCCCCCCCC(=O)OC(COC(=O)CCCCCCCCCCC/C=C\CCCCCCCCCC)COC1OC(COC2OC(CO)C(O)C(O)C2O)C(O)C(O)C1O. The average Bonchev–Trinajstić information content (AvgIpc) is 3.39. The smallest absolute Gasteiger partial charge is 0.306 e. The Kier molecular flexibility index (Phi) is 41.9. The molecule has 0 radical (unpaired) electrons. The van der Waals surface area contributed by atoms with Gasteiger partial charge in [0.15, 0.2) is 18.7 Å². The molecule has 2 heterocycles. The maximum absolute atomic E-state index is 13.1. The number of hydrogen-bond acceptors (Lipinski definition) is 15. The zero-order valence-electron chi connectivity index (χ0n) is 46.1. The van der Waals surface area contributed by atoms with E-state index in [1.54, 1.807) is 0 Å². The van der Waals surface area contributed by atoms with Gasteiger partial charge in [0.25, 0.3) is 0 Å². The Morgan fingerprint density at radius 1 is 0.432 bits per heavy atom. The second-order valence-electron chi connectivity index (χ2n) is 20.8. The molecule has 2 rings (SSSR count). The van der Waals surface area contributed by atoms with Crippen LogP contribution in [0.2, 0.25) is 0 Å². The molecular formula is C59H106O15. The van der Waals surface area contributed by atoms with Gasteiger partial charge in [-0.15, -0.1) is 0 Å². The minimum atomic E-state index is -1.77. The molecule has 0 aromatic heterocycles. The highest BCUT2D eigenvalue weighted by Crippen LogP contribution is 2.27. The maximum Gasteiger partial charge on any atom is 0.306 e. The van der Waals surface area contributed by atoms with Crippen molar-refractivity contribution in [3.8, 4) is 0 Å². The van der Waals surface area contributed by atoms with Crippen molar-refractivity contribution >= 4 is 11.9 Å². The fourth-order valence-electron chi connectivity index (χ4n) is 9.24. The van der Waals surface area contributed by atoms with Crippen molar-refractivity contribution in [2.24, 2.45) is 0 Å². The Balaban J connectivity index is 1.74. The normalized spacial score (nSPS) is 24.9. The van der Waals surface area contributed by atoms with E-state index in [1.165, 1.54) is 122 Å². The molecule has 74 heavy (non-hydrogen) atoms. The Morgan fingerprint density at radius 2 is 0.811 bits per heavy atom. The summed E-state index contributed by atoms with van der Waals surface area (Å²) in [6.45, 7) is 2.59. The van der Waals surface area contributed by atoms with E-state index in [0.29, 0.717) is 12.8 Å². The van der Waals surface area contributed by atoms with Gasteiger partial charge in [-0.3, -0.25) is 9.59 Å². The van der Waals surface area contributed by atoms with Gasteiger partial charge >= 0.3 is 11.9 Å². The van der Waals surface area contributed by atoms with Crippen LogP contribution in [0.15, 0.2) is 36.5 Å². The molecule has 0 bridgehead atoms. The lowest BCUT2D eigenvalue weighted by Crippen LogP contribution is -2.61. The first-order valence-corrected chi connectivity index (χ1v) is 29.6. The van der Waals surface area contributed by atoms with E-state index >= 15 is 0 Å². The first-order chi connectivity index (χ1) is 36.0.